The van der Waals surface area contributed by atoms with Crippen molar-refractivity contribution >= 4 is 23.4 Å². The number of hydrogen-bond acceptors (Lipinski definition) is 3. The predicted molar refractivity (Wildman–Crippen MR) is 123 cm³/mol. The Morgan fingerprint density at radius 3 is 2.39 bits per heavy atom. The van der Waals surface area contributed by atoms with Gasteiger partial charge in [-0.2, -0.15) is 5.10 Å². The van der Waals surface area contributed by atoms with Crippen LogP contribution in [0.5, 0.6) is 0 Å². The maximum absolute atomic E-state index is 12.5. The van der Waals surface area contributed by atoms with Gasteiger partial charge >= 0.3 is 0 Å². The van der Waals surface area contributed by atoms with E-state index in [9.17, 15) is 9.59 Å². The number of carbonyl (C=O) groups excluding carboxylic acids is 2. The van der Waals surface area contributed by atoms with Crippen LogP contribution < -0.4 is 10.6 Å². The highest BCUT2D eigenvalue weighted by Crippen LogP contribution is 2.37. The molecule has 0 saturated heterocycles. The molecule has 2 N–H and O–H groups in total. The Bertz CT molecular complexity index is 870. The zero-order valence-electron chi connectivity index (χ0n) is 18.4. The lowest BCUT2D eigenvalue weighted by Gasteiger charge is -2.27. The number of hydrogen-bond donors (Lipinski definition) is 2. The van der Waals surface area contributed by atoms with Crippen molar-refractivity contribution in [2.75, 3.05) is 7.05 Å². The average molecular weight is 445 g/mol. The molecule has 6 nitrogen and oxygen atoms in total. The van der Waals surface area contributed by atoms with Crippen LogP contribution in [0.1, 0.15) is 73.3 Å². The van der Waals surface area contributed by atoms with Crippen LogP contribution in [-0.2, 0) is 11.8 Å². The number of nitrogens with one attached hydrogen (secondary N) is 2. The topological polar surface area (TPSA) is 76.0 Å². The van der Waals surface area contributed by atoms with Crippen LogP contribution >= 0.6 is 11.6 Å². The zero-order chi connectivity index (χ0) is 22.2. The van der Waals surface area contributed by atoms with E-state index in [1.165, 1.54) is 50.3 Å². The summed E-state index contributed by atoms with van der Waals surface area (Å²) >= 11 is 6.15. The number of amides is 2. The van der Waals surface area contributed by atoms with Crippen molar-refractivity contribution in [1.29, 1.82) is 0 Å². The third-order valence-electron chi connectivity index (χ3n) is 6.30. The third kappa shape index (κ3) is 6.57. The highest BCUT2D eigenvalue weighted by atomic mass is 35.5. The predicted octanol–water partition coefficient (Wildman–Crippen LogP) is 4.66. The molecule has 1 unspecified atom stereocenters. The van der Waals surface area contributed by atoms with Crippen LogP contribution in [0.2, 0.25) is 5.02 Å². The SMILES string of the molecule is CNC(=O)c1cnn(C)c1.O=C(NC(c1cccc(Cl)c1)C1CCCC1)C1CCCC1. The fraction of sp³-hybridized carbons (Fsp3) is 0.542. The summed E-state index contributed by atoms with van der Waals surface area (Å²) in [5.41, 5.74) is 1.76. The van der Waals surface area contributed by atoms with E-state index in [2.05, 4.69) is 21.8 Å². The van der Waals surface area contributed by atoms with Crippen molar-refractivity contribution in [3.8, 4) is 0 Å². The summed E-state index contributed by atoms with van der Waals surface area (Å²) in [4.78, 5) is 23.4. The van der Waals surface area contributed by atoms with Crippen LogP contribution in [0.25, 0.3) is 0 Å². The van der Waals surface area contributed by atoms with E-state index in [-0.39, 0.29) is 23.8 Å². The molecule has 2 amide bonds. The minimum Gasteiger partial charge on any atom is -0.355 e. The number of benzene rings is 1. The van der Waals surface area contributed by atoms with Gasteiger partial charge in [-0.05, 0) is 49.3 Å². The van der Waals surface area contributed by atoms with E-state index in [0.717, 1.165) is 17.9 Å². The fourth-order valence-corrected chi connectivity index (χ4v) is 4.80. The summed E-state index contributed by atoms with van der Waals surface area (Å²) in [6, 6.07) is 8.14. The van der Waals surface area contributed by atoms with Gasteiger partial charge in [-0.25, -0.2) is 0 Å². The van der Waals surface area contributed by atoms with E-state index in [4.69, 9.17) is 11.6 Å². The lowest BCUT2D eigenvalue weighted by Crippen LogP contribution is -2.36. The Hall–Kier alpha value is -2.34. The molecule has 168 valence electrons. The molecule has 0 aliphatic heterocycles. The highest BCUT2D eigenvalue weighted by Gasteiger charge is 2.31. The first kappa shape index (κ1) is 23.3. The number of aryl methyl sites for hydroxylation is 1. The van der Waals surface area contributed by atoms with Crippen molar-refractivity contribution in [3.63, 3.8) is 0 Å². The first-order valence-electron chi connectivity index (χ1n) is 11.2. The number of nitrogens with zero attached hydrogens (tertiary/aromatic N) is 2. The highest BCUT2D eigenvalue weighted by molar-refractivity contribution is 6.30. The first-order valence-corrected chi connectivity index (χ1v) is 11.6. The van der Waals surface area contributed by atoms with E-state index >= 15 is 0 Å². The molecule has 1 heterocycles. The molecule has 7 heteroatoms. The van der Waals surface area contributed by atoms with Gasteiger partial charge in [0.15, 0.2) is 0 Å². The van der Waals surface area contributed by atoms with Gasteiger partial charge in [0.05, 0.1) is 17.8 Å². The maximum Gasteiger partial charge on any atom is 0.254 e. The molecule has 0 spiro atoms. The molecule has 1 aromatic heterocycles. The normalized spacial score (nSPS) is 17.6. The van der Waals surface area contributed by atoms with Gasteiger partial charge in [0, 0.05) is 31.2 Å². The minimum atomic E-state index is -0.104. The number of aromatic nitrogens is 2. The summed E-state index contributed by atoms with van der Waals surface area (Å²) in [6.45, 7) is 0. The second kappa shape index (κ2) is 11.3. The molecule has 0 bridgehead atoms. The summed E-state index contributed by atoms with van der Waals surface area (Å²) in [7, 11) is 3.36. The molecular weight excluding hydrogens is 412 g/mol. The first-order chi connectivity index (χ1) is 15.0. The summed E-state index contributed by atoms with van der Waals surface area (Å²) < 4.78 is 1.59. The van der Waals surface area contributed by atoms with Crippen molar-refractivity contribution in [1.82, 2.24) is 20.4 Å². The number of rotatable bonds is 5. The van der Waals surface area contributed by atoms with E-state index in [1.807, 2.05) is 18.2 Å². The van der Waals surface area contributed by atoms with Crippen LogP contribution in [-0.4, -0.2) is 28.6 Å². The lowest BCUT2D eigenvalue weighted by molar-refractivity contribution is -0.126. The molecule has 2 aromatic rings. The minimum absolute atomic E-state index is 0.104. The Morgan fingerprint density at radius 1 is 1.13 bits per heavy atom. The monoisotopic (exact) mass is 444 g/mol. The average Bonchev–Trinajstić information content (AvgIpc) is 3.54. The molecular formula is C24H33ClN4O2. The van der Waals surface area contributed by atoms with Crippen LogP contribution in [0.4, 0.5) is 0 Å². The van der Waals surface area contributed by atoms with Crippen molar-refractivity contribution in [2.24, 2.45) is 18.9 Å². The van der Waals surface area contributed by atoms with Crippen LogP contribution in [0.3, 0.4) is 0 Å². The van der Waals surface area contributed by atoms with Crippen molar-refractivity contribution in [3.05, 3.63) is 52.8 Å². The van der Waals surface area contributed by atoms with Crippen molar-refractivity contribution < 1.29 is 9.59 Å². The summed E-state index contributed by atoms with van der Waals surface area (Å²) in [5, 5.41) is 10.4. The maximum atomic E-state index is 12.5. The fourth-order valence-electron chi connectivity index (χ4n) is 4.61. The van der Waals surface area contributed by atoms with Gasteiger partial charge in [0.25, 0.3) is 5.91 Å². The standard InChI is InChI=1S/C18H24ClNO.C6H9N3O/c19-16-11-5-10-15(12-16)17(13-6-1-2-7-13)20-18(21)14-8-3-4-9-14;1-7-6(10)5-3-8-9(2)4-5/h5,10-14,17H,1-4,6-9H2,(H,20,21);3-4H,1-2H3,(H,7,10). The molecule has 1 atom stereocenters. The lowest BCUT2D eigenvalue weighted by atomic mass is 9.91. The molecule has 1 aromatic carbocycles. The van der Waals surface area contributed by atoms with Gasteiger partial charge in [-0.1, -0.05) is 49.4 Å². The van der Waals surface area contributed by atoms with E-state index in [1.54, 1.807) is 25.0 Å². The molecule has 0 radical (unpaired) electrons. The molecule has 4 rings (SSSR count). The van der Waals surface area contributed by atoms with Gasteiger partial charge in [-0.3, -0.25) is 14.3 Å². The second-order valence-electron chi connectivity index (χ2n) is 8.55. The third-order valence-corrected chi connectivity index (χ3v) is 6.53. The quantitative estimate of drug-likeness (QED) is 0.704. The molecule has 2 fully saturated rings. The Kier molecular flexibility index (Phi) is 8.52. The largest absolute Gasteiger partial charge is 0.355 e. The molecule has 2 aliphatic carbocycles. The van der Waals surface area contributed by atoms with Gasteiger partial charge in [0.1, 0.15) is 0 Å². The van der Waals surface area contributed by atoms with Crippen LogP contribution in [0, 0.1) is 11.8 Å². The summed E-state index contributed by atoms with van der Waals surface area (Å²) in [6.07, 6.45) is 12.7. The van der Waals surface area contributed by atoms with Crippen molar-refractivity contribution in [2.45, 2.75) is 57.4 Å². The van der Waals surface area contributed by atoms with Crippen LogP contribution in [0.15, 0.2) is 36.7 Å². The smallest absolute Gasteiger partial charge is 0.254 e. The zero-order valence-corrected chi connectivity index (χ0v) is 19.2. The molecule has 2 saturated carbocycles. The van der Waals surface area contributed by atoms with Gasteiger partial charge in [0.2, 0.25) is 5.91 Å². The molecule has 2 aliphatic rings. The van der Waals surface area contributed by atoms with E-state index in [0.29, 0.717) is 11.5 Å². The van der Waals surface area contributed by atoms with Gasteiger partial charge < -0.3 is 10.6 Å². The second-order valence-corrected chi connectivity index (χ2v) is 8.99. The number of carbonyl (C=O) groups is 2. The van der Waals surface area contributed by atoms with Gasteiger partial charge in [-0.15, -0.1) is 0 Å². The Labute approximate surface area is 189 Å². The Morgan fingerprint density at radius 2 is 1.81 bits per heavy atom. The van der Waals surface area contributed by atoms with E-state index < -0.39 is 0 Å². The number of halogens is 1. The Balaban J connectivity index is 0.000000229. The molecule has 31 heavy (non-hydrogen) atoms. The summed E-state index contributed by atoms with van der Waals surface area (Å²) in [5.74, 6) is 0.944.